The molecule has 0 aliphatic carbocycles. The van der Waals surface area contributed by atoms with Crippen LogP contribution in [0, 0.1) is 0 Å². The second-order valence-corrected chi connectivity index (χ2v) is 18.8. The van der Waals surface area contributed by atoms with Gasteiger partial charge in [-0.15, -0.1) is 0 Å². The predicted octanol–water partition coefficient (Wildman–Crippen LogP) is 19.0. The summed E-state index contributed by atoms with van der Waals surface area (Å²) in [4.78, 5) is 38.0. The fourth-order valence-corrected chi connectivity index (χ4v) is 8.00. The van der Waals surface area contributed by atoms with E-state index in [2.05, 4.69) is 87.6 Å². The first-order chi connectivity index (χ1) is 33.0. The molecule has 67 heavy (non-hydrogen) atoms. The monoisotopic (exact) mass is 935 g/mol. The first kappa shape index (κ1) is 63.8. The van der Waals surface area contributed by atoms with E-state index in [1.165, 1.54) is 154 Å². The fourth-order valence-electron chi connectivity index (χ4n) is 8.00. The van der Waals surface area contributed by atoms with Crippen LogP contribution in [0.4, 0.5) is 0 Å². The van der Waals surface area contributed by atoms with E-state index in [9.17, 15) is 14.4 Å². The molecular weight excluding hydrogens is 829 g/mol. The lowest BCUT2D eigenvalue weighted by atomic mass is 10.0. The van der Waals surface area contributed by atoms with Gasteiger partial charge < -0.3 is 14.2 Å². The molecule has 0 aromatic heterocycles. The number of carbonyl (C=O) groups is 3. The van der Waals surface area contributed by atoms with Gasteiger partial charge in [-0.3, -0.25) is 14.4 Å². The largest absolute Gasteiger partial charge is 0.462 e. The molecule has 0 unspecified atom stereocenters. The molecule has 0 heterocycles. The molecule has 386 valence electrons. The molecule has 0 fully saturated rings. The molecule has 0 spiro atoms. The maximum absolute atomic E-state index is 12.8. The van der Waals surface area contributed by atoms with Gasteiger partial charge in [0.1, 0.15) is 13.2 Å². The van der Waals surface area contributed by atoms with Crippen molar-refractivity contribution in [3.63, 3.8) is 0 Å². The molecule has 0 aliphatic rings. The highest BCUT2D eigenvalue weighted by molar-refractivity contribution is 5.71. The molecule has 0 N–H and O–H groups in total. The van der Waals surface area contributed by atoms with Crippen LogP contribution in [0.2, 0.25) is 0 Å². The average molecular weight is 936 g/mol. The van der Waals surface area contributed by atoms with Gasteiger partial charge in [0.05, 0.1) is 0 Å². The summed E-state index contributed by atoms with van der Waals surface area (Å²) in [5, 5.41) is 0. The van der Waals surface area contributed by atoms with Gasteiger partial charge in [0.15, 0.2) is 6.10 Å². The molecule has 0 radical (unpaired) electrons. The molecular formula is C61H106O6. The van der Waals surface area contributed by atoms with Crippen molar-refractivity contribution in [3.8, 4) is 0 Å². The van der Waals surface area contributed by atoms with Crippen LogP contribution in [0.5, 0.6) is 0 Å². The number of carbonyl (C=O) groups excluding carboxylic acids is 3. The number of esters is 3. The van der Waals surface area contributed by atoms with Gasteiger partial charge in [0.2, 0.25) is 0 Å². The van der Waals surface area contributed by atoms with Gasteiger partial charge >= 0.3 is 17.9 Å². The van der Waals surface area contributed by atoms with E-state index in [1.807, 2.05) is 6.08 Å². The molecule has 0 saturated heterocycles. The maximum atomic E-state index is 12.8. The number of allylic oxidation sites excluding steroid dienone is 12. The summed E-state index contributed by atoms with van der Waals surface area (Å²) in [7, 11) is 0. The Morgan fingerprint density at radius 2 is 0.582 bits per heavy atom. The van der Waals surface area contributed by atoms with Crippen molar-refractivity contribution in [1.29, 1.82) is 0 Å². The summed E-state index contributed by atoms with van der Waals surface area (Å²) in [5.74, 6) is -0.973. The van der Waals surface area contributed by atoms with Crippen molar-refractivity contribution >= 4 is 17.9 Å². The number of unbranched alkanes of at least 4 members (excludes halogenated alkanes) is 28. The Hall–Kier alpha value is -3.15. The average Bonchev–Trinajstić information content (AvgIpc) is 3.33. The van der Waals surface area contributed by atoms with Crippen LogP contribution in [0.3, 0.4) is 0 Å². The summed E-state index contributed by atoms with van der Waals surface area (Å²) >= 11 is 0. The highest BCUT2D eigenvalue weighted by Crippen LogP contribution is 2.16. The second kappa shape index (κ2) is 55.4. The zero-order valence-electron chi connectivity index (χ0n) is 44.2. The van der Waals surface area contributed by atoms with E-state index in [1.54, 1.807) is 0 Å². The Balaban J connectivity index is 4.42. The lowest BCUT2D eigenvalue weighted by molar-refractivity contribution is -0.166. The van der Waals surface area contributed by atoms with Gasteiger partial charge in [-0.1, -0.05) is 273 Å². The topological polar surface area (TPSA) is 78.9 Å². The van der Waals surface area contributed by atoms with E-state index < -0.39 is 6.10 Å². The Labute approximate surface area is 414 Å². The minimum atomic E-state index is -0.802. The Kier molecular flexibility index (Phi) is 52.8. The number of hydrogen-bond acceptors (Lipinski definition) is 6. The van der Waals surface area contributed by atoms with E-state index in [0.717, 1.165) is 77.0 Å². The summed E-state index contributed by atoms with van der Waals surface area (Å²) in [6.07, 6.45) is 70.5. The van der Waals surface area contributed by atoms with Crippen LogP contribution >= 0.6 is 0 Å². The van der Waals surface area contributed by atoms with Gasteiger partial charge in [0, 0.05) is 19.3 Å². The van der Waals surface area contributed by atoms with Crippen molar-refractivity contribution < 1.29 is 28.6 Å². The van der Waals surface area contributed by atoms with Crippen LogP contribution < -0.4 is 0 Å². The zero-order chi connectivity index (χ0) is 48.6. The minimum Gasteiger partial charge on any atom is -0.462 e. The smallest absolute Gasteiger partial charge is 0.306 e. The maximum Gasteiger partial charge on any atom is 0.306 e. The van der Waals surface area contributed by atoms with Crippen LogP contribution in [-0.2, 0) is 28.6 Å². The van der Waals surface area contributed by atoms with Crippen molar-refractivity contribution in [2.45, 2.75) is 284 Å². The quantitative estimate of drug-likeness (QED) is 0.0262. The number of ether oxygens (including phenoxy) is 3. The van der Waals surface area contributed by atoms with E-state index >= 15 is 0 Å². The highest BCUT2D eigenvalue weighted by Gasteiger charge is 2.19. The molecule has 0 amide bonds. The van der Waals surface area contributed by atoms with E-state index in [0.29, 0.717) is 19.3 Å². The third-order valence-corrected chi connectivity index (χ3v) is 12.2. The van der Waals surface area contributed by atoms with Crippen molar-refractivity contribution in [3.05, 3.63) is 72.9 Å². The SMILES string of the molecule is CC/C=C\C/C=C\C/C=C\C/C=C\C/C=C\C/C=C\CCC(=O)OC[C@H](COC(=O)CCCCCCCCCCCCC)OC(=O)CCCCCCCCCCCCCCCCCCCCC. The molecule has 6 heteroatoms. The van der Waals surface area contributed by atoms with E-state index in [4.69, 9.17) is 14.2 Å². The molecule has 6 nitrogen and oxygen atoms in total. The molecule has 0 bridgehead atoms. The highest BCUT2D eigenvalue weighted by atomic mass is 16.6. The lowest BCUT2D eigenvalue weighted by Crippen LogP contribution is -2.30. The van der Waals surface area contributed by atoms with Crippen molar-refractivity contribution in [1.82, 2.24) is 0 Å². The van der Waals surface area contributed by atoms with Crippen LogP contribution in [0.1, 0.15) is 278 Å². The first-order valence-electron chi connectivity index (χ1n) is 28.4. The third-order valence-electron chi connectivity index (χ3n) is 12.2. The molecule has 0 aliphatic heterocycles. The third kappa shape index (κ3) is 53.7. The first-order valence-corrected chi connectivity index (χ1v) is 28.4. The minimum absolute atomic E-state index is 0.0950. The molecule has 0 rings (SSSR count). The van der Waals surface area contributed by atoms with Gasteiger partial charge in [-0.2, -0.15) is 0 Å². The number of hydrogen-bond donors (Lipinski definition) is 0. The molecule has 0 saturated carbocycles. The fraction of sp³-hybridized carbons (Fsp3) is 0.754. The summed E-state index contributed by atoms with van der Waals surface area (Å²) < 4.78 is 16.8. The predicted molar refractivity (Wildman–Crippen MR) is 288 cm³/mol. The summed E-state index contributed by atoms with van der Waals surface area (Å²) in [6, 6.07) is 0. The van der Waals surface area contributed by atoms with Crippen molar-refractivity contribution in [2.24, 2.45) is 0 Å². The Morgan fingerprint density at radius 1 is 0.313 bits per heavy atom. The number of rotatable bonds is 51. The van der Waals surface area contributed by atoms with Gasteiger partial charge in [0.25, 0.3) is 0 Å². The van der Waals surface area contributed by atoms with Crippen LogP contribution in [0.25, 0.3) is 0 Å². The molecule has 0 aromatic rings. The summed E-state index contributed by atoms with van der Waals surface area (Å²) in [5.41, 5.74) is 0. The molecule has 0 aromatic carbocycles. The Bertz CT molecular complexity index is 1260. The van der Waals surface area contributed by atoms with Crippen LogP contribution in [-0.4, -0.2) is 37.2 Å². The molecule has 1 atom stereocenters. The van der Waals surface area contributed by atoms with Gasteiger partial charge in [-0.25, -0.2) is 0 Å². The van der Waals surface area contributed by atoms with Gasteiger partial charge in [-0.05, 0) is 57.8 Å². The van der Waals surface area contributed by atoms with Crippen LogP contribution in [0.15, 0.2) is 72.9 Å². The second-order valence-electron chi connectivity index (χ2n) is 18.8. The standard InChI is InChI=1S/C61H106O6/c1-4-7-10-13-16-19-22-24-26-28-30-32-34-36-39-42-45-48-51-54-60(63)66-57-58(56-65-59(62)53-50-47-44-41-38-21-18-15-12-9-6-3)67-61(64)55-52-49-46-43-40-37-35-33-31-29-27-25-23-20-17-14-11-8-5-2/h7,10,16,19,24,26,30,32,36,39,45,48,58H,4-6,8-9,11-15,17-18,20-23,25,27-29,31,33-35,37-38,40-44,46-47,49-57H2,1-3H3/b10-7-,19-16-,26-24-,32-30-,39-36-,48-45-/t58-/m0/s1. The zero-order valence-corrected chi connectivity index (χ0v) is 44.2. The summed E-state index contributed by atoms with van der Waals surface area (Å²) in [6.45, 7) is 6.48. The normalized spacial score (nSPS) is 12.6. The van der Waals surface area contributed by atoms with Crippen molar-refractivity contribution in [2.75, 3.05) is 13.2 Å². The Morgan fingerprint density at radius 3 is 0.910 bits per heavy atom. The lowest BCUT2D eigenvalue weighted by Gasteiger charge is -2.18. The van der Waals surface area contributed by atoms with E-state index in [-0.39, 0.29) is 37.5 Å².